The first-order valence-electron chi connectivity index (χ1n) is 6.88. The summed E-state index contributed by atoms with van der Waals surface area (Å²) in [7, 11) is -3.72. The number of carbonyl (C=O) groups excluding carboxylic acids is 1. The van der Waals surface area contributed by atoms with Gasteiger partial charge in [-0.1, -0.05) is 0 Å². The Morgan fingerprint density at radius 2 is 1.92 bits per heavy atom. The van der Waals surface area contributed by atoms with Crippen LogP contribution in [0.5, 0.6) is 0 Å². The van der Waals surface area contributed by atoms with E-state index in [1.54, 1.807) is 17.6 Å². The lowest BCUT2D eigenvalue weighted by molar-refractivity contribution is 0.102. The molecule has 0 aliphatic carbocycles. The number of hydrogen-bond donors (Lipinski definition) is 2. The van der Waals surface area contributed by atoms with Gasteiger partial charge in [-0.2, -0.15) is 0 Å². The molecule has 1 aromatic carbocycles. The third kappa shape index (κ3) is 4.41. The van der Waals surface area contributed by atoms with E-state index >= 15 is 0 Å². The monoisotopic (exact) mass is 438 g/mol. The third-order valence-corrected chi connectivity index (χ3v) is 5.65. The minimum absolute atomic E-state index is 0.0739. The fourth-order valence-corrected chi connectivity index (χ4v) is 4.06. The van der Waals surface area contributed by atoms with Gasteiger partial charge in [0.15, 0.2) is 5.13 Å². The van der Waals surface area contributed by atoms with Crippen LogP contribution >= 0.6 is 27.3 Å². The van der Waals surface area contributed by atoms with E-state index in [4.69, 9.17) is 0 Å². The van der Waals surface area contributed by atoms with Gasteiger partial charge in [0, 0.05) is 34.1 Å². The van der Waals surface area contributed by atoms with Gasteiger partial charge in [0.25, 0.3) is 15.9 Å². The first-order chi connectivity index (χ1) is 11.9. The van der Waals surface area contributed by atoms with Crippen LogP contribution in [-0.2, 0) is 10.0 Å². The number of nitrogens with zero attached hydrogens (tertiary/aromatic N) is 2. The number of thiazole rings is 1. The van der Waals surface area contributed by atoms with Crippen LogP contribution in [0.3, 0.4) is 0 Å². The predicted molar refractivity (Wildman–Crippen MR) is 99.3 cm³/mol. The molecule has 0 saturated heterocycles. The molecule has 0 fully saturated rings. The second kappa shape index (κ2) is 7.30. The molecule has 2 N–H and O–H groups in total. The van der Waals surface area contributed by atoms with Gasteiger partial charge >= 0.3 is 0 Å². The molecule has 0 saturated carbocycles. The number of halogens is 1. The molecule has 2 aromatic heterocycles. The summed E-state index contributed by atoms with van der Waals surface area (Å²) in [6.07, 6.45) is 4.53. The fourth-order valence-electron chi connectivity index (χ4n) is 1.90. The molecular formula is C15H11BrN4O3S2. The van der Waals surface area contributed by atoms with Crippen molar-refractivity contribution < 1.29 is 13.2 Å². The number of carbonyl (C=O) groups is 1. The average Bonchev–Trinajstić information content (AvgIpc) is 3.07. The second-order valence-corrected chi connectivity index (χ2v) is 8.31. The highest BCUT2D eigenvalue weighted by molar-refractivity contribution is 9.10. The summed E-state index contributed by atoms with van der Waals surface area (Å²) >= 11 is 4.44. The van der Waals surface area contributed by atoms with Crippen molar-refractivity contribution in [3.8, 4) is 0 Å². The number of benzene rings is 1. The molecule has 128 valence electrons. The molecule has 7 nitrogen and oxygen atoms in total. The van der Waals surface area contributed by atoms with E-state index < -0.39 is 10.0 Å². The lowest BCUT2D eigenvalue weighted by Crippen LogP contribution is -2.14. The zero-order chi connectivity index (χ0) is 17.9. The molecule has 0 atom stereocenters. The summed E-state index contributed by atoms with van der Waals surface area (Å²) in [6.45, 7) is 0. The second-order valence-electron chi connectivity index (χ2n) is 4.81. The Morgan fingerprint density at radius 1 is 1.16 bits per heavy atom. The van der Waals surface area contributed by atoms with E-state index in [1.165, 1.54) is 48.0 Å². The fraction of sp³-hybridized carbons (Fsp3) is 0. The number of hydrogen-bond acceptors (Lipinski definition) is 6. The van der Waals surface area contributed by atoms with E-state index in [2.05, 4.69) is 35.9 Å². The molecule has 25 heavy (non-hydrogen) atoms. The van der Waals surface area contributed by atoms with Crippen LogP contribution in [0.25, 0.3) is 0 Å². The Bertz CT molecular complexity index is 990. The van der Waals surface area contributed by atoms with Crippen LogP contribution in [0.4, 0.5) is 10.8 Å². The lowest BCUT2D eigenvalue weighted by Gasteiger charge is -2.08. The van der Waals surface area contributed by atoms with E-state index in [1.807, 2.05) is 0 Å². The molecule has 0 radical (unpaired) electrons. The number of sulfonamides is 1. The van der Waals surface area contributed by atoms with E-state index in [9.17, 15) is 13.2 Å². The van der Waals surface area contributed by atoms with Crippen LogP contribution in [0, 0.1) is 0 Å². The van der Waals surface area contributed by atoms with Crippen LogP contribution in [-0.4, -0.2) is 24.3 Å². The van der Waals surface area contributed by atoms with Gasteiger partial charge in [-0.25, -0.2) is 13.4 Å². The molecule has 10 heteroatoms. The highest BCUT2D eigenvalue weighted by Gasteiger charge is 2.15. The maximum atomic E-state index is 12.2. The summed E-state index contributed by atoms with van der Waals surface area (Å²) in [6, 6.07) is 7.48. The number of pyridine rings is 1. The molecule has 1 amide bonds. The van der Waals surface area contributed by atoms with Gasteiger partial charge in [0.2, 0.25) is 0 Å². The standard InChI is InChI=1S/C15H11BrN4O3S2/c16-11-7-10(8-17-9-11)14(21)19-12-1-3-13(4-2-12)25(22,23)20-15-18-5-6-24-15/h1-9H,(H,18,20)(H,19,21). The summed E-state index contributed by atoms with van der Waals surface area (Å²) < 4.78 is 27.6. The minimum atomic E-state index is -3.72. The SMILES string of the molecule is O=C(Nc1ccc(S(=O)(=O)Nc2nccs2)cc1)c1cncc(Br)c1. The highest BCUT2D eigenvalue weighted by atomic mass is 79.9. The first kappa shape index (κ1) is 17.5. The Balaban J connectivity index is 1.73. The molecule has 0 spiro atoms. The number of nitrogens with one attached hydrogen (secondary N) is 2. The smallest absolute Gasteiger partial charge is 0.263 e. The molecule has 0 aliphatic heterocycles. The zero-order valence-electron chi connectivity index (χ0n) is 12.5. The first-order valence-corrected chi connectivity index (χ1v) is 10.0. The Morgan fingerprint density at radius 3 is 2.56 bits per heavy atom. The minimum Gasteiger partial charge on any atom is -0.322 e. The third-order valence-electron chi connectivity index (χ3n) is 3.04. The van der Waals surface area contributed by atoms with Crippen molar-refractivity contribution >= 4 is 54.0 Å². The number of amides is 1. The number of anilines is 2. The largest absolute Gasteiger partial charge is 0.322 e. The molecular weight excluding hydrogens is 428 g/mol. The topological polar surface area (TPSA) is 101 Å². The summed E-state index contributed by atoms with van der Waals surface area (Å²) in [5, 5.41) is 4.65. The van der Waals surface area contributed by atoms with Gasteiger partial charge in [0.05, 0.1) is 10.5 Å². The maximum Gasteiger partial charge on any atom is 0.263 e. The number of rotatable bonds is 5. The van der Waals surface area contributed by atoms with Gasteiger partial charge < -0.3 is 5.32 Å². The Hall–Kier alpha value is -2.30. The average molecular weight is 439 g/mol. The Kier molecular flexibility index (Phi) is 5.11. The zero-order valence-corrected chi connectivity index (χ0v) is 15.7. The molecule has 0 aliphatic rings. The van der Waals surface area contributed by atoms with Crippen molar-refractivity contribution in [3.05, 3.63) is 64.3 Å². The summed E-state index contributed by atoms with van der Waals surface area (Å²) in [4.78, 5) is 20.0. The van der Waals surface area contributed by atoms with Crippen molar-refractivity contribution in [2.45, 2.75) is 4.90 Å². The van der Waals surface area contributed by atoms with E-state index in [0.717, 1.165) is 0 Å². The van der Waals surface area contributed by atoms with Crippen molar-refractivity contribution in [1.82, 2.24) is 9.97 Å². The van der Waals surface area contributed by atoms with Crippen LogP contribution < -0.4 is 10.0 Å². The lowest BCUT2D eigenvalue weighted by atomic mass is 10.2. The van der Waals surface area contributed by atoms with Gasteiger partial charge in [0.1, 0.15) is 0 Å². The normalized spacial score (nSPS) is 11.1. The summed E-state index contributed by atoms with van der Waals surface area (Å²) in [5.74, 6) is -0.342. The van der Waals surface area contributed by atoms with Crippen molar-refractivity contribution in [2.24, 2.45) is 0 Å². The molecule has 3 aromatic rings. The molecule has 0 unspecified atom stereocenters. The predicted octanol–water partition coefficient (Wildman–Crippen LogP) is 3.35. The van der Waals surface area contributed by atoms with Crippen molar-refractivity contribution in [3.63, 3.8) is 0 Å². The van der Waals surface area contributed by atoms with Gasteiger partial charge in [-0.05, 0) is 46.3 Å². The summed E-state index contributed by atoms with van der Waals surface area (Å²) in [5.41, 5.74) is 0.856. The van der Waals surface area contributed by atoms with E-state index in [0.29, 0.717) is 20.9 Å². The number of aromatic nitrogens is 2. The maximum absolute atomic E-state index is 12.2. The van der Waals surface area contributed by atoms with Crippen molar-refractivity contribution in [1.29, 1.82) is 0 Å². The molecule has 0 bridgehead atoms. The quantitative estimate of drug-likeness (QED) is 0.635. The highest BCUT2D eigenvalue weighted by Crippen LogP contribution is 2.20. The van der Waals surface area contributed by atoms with Gasteiger partial charge in [-0.3, -0.25) is 14.5 Å². The van der Waals surface area contributed by atoms with Crippen LogP contribution in [0.2, 0.25) is 0 Å². The van der Waals surface area contributed by atoms with E-state index in [-0.39, 0.29) is 10.8 Å². The van der Waals surface area contributed by atoms with Crippen LogP contribution in [0.1, 0.15) is 10.4 Å². The molecule has 3 rings (SSSR count). The molecule has 2 heterocycles. The Labute approximate surface area is 156 Å². The van der Waals surface area contributed by atoms with Crippen molar-refractivity contribution in [2.75, 3.05) is 10.0 Å². The van der Waals surface area contributed by atoms with Gasteiger partial charge in [-0.15, -0.1) is 11.3 Å². The van der Waals surface area contributed by atoms with Crippen LogP contribution in [0.15, 0.2) is 63.7 Å².